The molecule has 10 heteroatoms. The molecule has 1 aromatic carbocycles. The summed E-state index contributed by atoms with van der Waals surface area (Å²) in [5.41, 5.74) is 1.78. The third-order valence-electron chi connectivity index (χ3n) is 5.21. The molecular weight excluding hydrogens is 512 g/mol. The summed E-state index contributed by atoms with van der Waals surface area (Å²) in [6.45, 7) is 2.95. The third-order valence-corrected chi connectivity index (χ3v) is 5.21. The van der Waals surface area contributed by atoms with E-state index in [1.807, 2.05) is 12.3 Å². The first-order valence-corrected chi connectivity index (χ1v) is 10.3. The minimum Gasteiger partial charge on any atom is -0.358 e. The van der Waals surface area contributed by atoms with E-state index in [1.54, 1.807) is 30.9 Å². The maximum absolute atomic E-state index is 13.1. The van der Waals surface area contributed by atoms with Crippen molar-refractivity contribution in [1.82, 2.24) is 30.6 Å². The van der Waals surface area contributed by atoms with Gasteiger partial charge >= 0.3 is 0 Å². The second-order valence-electron chi connectivity index (χ2n) is 7.34. The zero-order valence-corrected chi connectivity index (χ0v) is 20.3. The fourth-order valence-electron chi connectivity index (χ4n) is 3.45. The zero-order chi connectivity index (χ0) is 21.3. The highest BCUT2D eigenvalue weighted by Gasteiger charge is 2.21. The van der Waals surface area contributed by atoms with Crippen molar-refractivity contribution in [2.75, 3.05) is 40.3 Å². The molecule has 1 aliphatic heterocycles. The van der Waals surface area contributed by atoms with Crippen LogP contribution in [0.4, 0.5) is 4.39 Å². The number of carbonyl (C=O) groups excluding carboxylic acids is 1. The van der Waals surface area contributed by atoms with Gasteiger partial charge in [-0.1, -0.05) is 0 Å². The Labute approximate surface area is 199 Å². The summed E-state index contributed by atoms with van der Waals surface area (Å²) in [7, 11) is 3.43. The number of hydrogen-bond donors (Lipinski definition) is 3. The minimum atomic E-state index is -0.258. The average Bonchev–Trinajstić information content (AvgIpc) is 3.23. The van der Waals surface area contributed by atoms with E-state index in [0.717, 1.165) is 49.7 Å². The molecule has 2 aromatic rings. The fraction of sp³-hybridized carbons (Fsp3) is 0.476. The Hall–Kier alpha value is -2.21. The van der Waals surface area contributed by atoms with E-state index in [-0.39, 0.29) is 35.7 Å². The first-order valence-electron chi connectivity index (χ1n) is 10.3. The lowest BCUT2D eigenvalue weighted by Gasteiger charge is -2.32. The minimum absolute atomic E-state index is 0. The molecule has 2 heterocycles. The molecule has 170 valence electrons. The molecule has 0 radical (unpaired) electrons. The zero-order valence-electron chi connectivity index (χ0n) is 18.0. The van der Waals surface area contributed by atoms with Gasteiger partial charge in [0.25, 0.3) is 0 Å². The molecule has 0 aliphatic carbocycles. The number of likely N-dealkylation sites (tertiary alicyclic amines) is 1. The van der Waals surface area contributed by atoms with E-state index in [2.05, 4.69) is 30.9 Å². The quantitative estimate of drug-likeness (QED) is 0.281. The first kappa shape index (κ1) is 25.1. The van der Waals surface area contributed by atoms with Crippen molar-refractivity contribution in [2.45, 2.75) is 25.3 Å². The lowest BCUT2D eigenvalue weighted by Crippen LogP contribution is -2.50. The van der Waals surface area contributed by atoms with Crippen molar-refractivity contribution in [2.24, 2.45) is 4.99 Å². The normalized spacial score (nSPS) is 15.3. The summed E-state index contributed by atoms with van der Waals surface area (Å²) >= 11 is 0. The molecular formula is C21H31FIN7O. The van der Waals surface area contributed by atoms with Crippen LogP contribution in [0.5, 0.6) is 0 Å². The van der Waals surface area contributed by atoms with Crippen LogP contribution in [0.1, 0.15) is 18.5 Å². The first-order chi connectivity index (χ1) is 14.6. The number of carbonyl (C=O) groups is 1. The number of hydrogen-bond acceptors (Lipinski definition) is 4. The van der Waals surface area contributed by atoms with Crippen LogP contribution in [0.3, 0.4) is 0 Å². The van der Waals surface area contributed by atoms with Crippen LogP contribution in [0, 0.1) is 5.82 Å². The second kappa shape index (κ2) is 12.6. The monoisotopic (exact) mass is 543 g/mol. The van der Waals surface area contributed by atoms with Crippen molar-refractivity contribution < 1.29 is 9.18 Å². The van der Waals surface area contributed by atoms with Crippen LogP contribution >= 0.6 is 24.0 Å². The van der Waals surface area contributed by atoms with Gasteiger partial charge in [0.1, 0.15) is 5.82 Å². The van der Waals surface area contributed by atoms with Crippen molar-refractivity contribution in [3.63, 3.8) is 0 Å². The summed E-state index contributed by atoms with van der Waals surface area (Å²) < 4.78 is 14.8. The van der Waals surface area contributed by atoms with Crippen molar-refractivity contribution >= 4 is 35.8 Å². The number of aliphatic imine (C=N–C) groups is 1. The number of rotatable bonds is 7. The number of nitrogens with one attached hydrogen (secondary N) is 3. The van der Waals surface area contributed by atoms with E-state index in [9.17, 15) is 9.18 Å². The molecule has 1 aliphatic rings. The van der Waals surface area contributed by atoms with Crippen molar-refractivity contribution in [3.8, 4) is 5.69 Å². The molecule has 31 heavy (non-hydrogen) atoms. The predicted octanol–water partition coefficient (Wildman–Crippen LogP) is 1.55. The lowest BCUT2D eigenvalue weighted by molar-refractivity contribution is -0.122. The number of nitrogens with zero attached hydrogens (tertiary/aromatic N) is 4. The summed E-state index contributed by atoms with van der Waals surface area (Å²) in [4.78, 5) is 18.0. The number of benzene rings is 1. The number of halogens is 2. The van der Waals surface area contributed by atoms with Crippen LogP contribution in [0.25, 0.3) is 5.69 Å². The lowest BCUT2D eigenvalue weighted by atomic mass is 10.1. The molecule has 1 amide bonds. The smallest absolute Gasteiger partial charge is 0.233 e. The number of piperidine rings is 1. The fourth-order valence-corrected chi connectivity index (χ4v) is 3.45. The van der Waals surface area contributed by atoms with Gasteiger partial charge < -0.3 is 16.0 Å². The number of aromatic nitrogens is 2. The summed E-state index contributed by atoms with van der Waals surface area (Å²) in [6.07, 6.45) is 4.57. The van der Waals surface area contributed by atoms with Crippen LogP contribution in [0.15, 0.2) is 41.5 Å². The summed E-state index contributed by atoms with van der Waals surface area (Å²) in [5, 5.41) is 14.0. The van der Waals surface area contributed by atoms with Gasteiger partial charge in [-0.05, 0) is 43.2 Å². The molecule has 0 bridgehead atoms. The van der Waals surface area contributed by atoms with E-state index in [4.69, 9.17) is 0 Å². The van der Waals surface area contributed by atoms with Gasteiger partial charge in [-0.3, -0.25) is 14.7 Å². The molecule has 0 atom stereocenters. The number of likely N-dealkylation sites (N-methyl/N-ethyl adjacent to an activating group) is 1. The topological polar surface area (TPSA) is 86.6 Å². The SMILES string of the molecule is CN=C(NCCc1ccn(-c2ccc(F)cc2)n1)NC1CCN(CC(=O)NC)CC1.I. The van der Waals surface area contributed by atoms with Crippen LogP contribution in [-0.2, 0) is 11.2 Å². The summed E-state index contributed by atoms with van der Waals surface area (Å²) in [5.74, 6) is 0.574. The Bertz CT molecular complexity index is 848. The van der Waals surface area contributed by atoms with Gasteiger partial charge in [-0.2, -0.15) is 5.10 Å². The molecule has 8 nitrogen and oxygen atoms in total. The standard InChI is InChI=1S/C21H30FN7O.HI/c1-23-20(30)15-28-12-8-17(9-13-28)26-21(24-2)25-11-7-18-10-14-29(27-18)19-5-3-16(22)4-6-19;/h3-6,10,14,17H,7-9,11-13,15H2,1-2H3,(H,23,30)(H2,24,25,26);1H. The Balaban J connectivity index is 0.00000341. The Kier molecular flexibility index (Phi) is 10.2. The van der Waals surface area contributed by atoms with E-state index in [1.165, 1.54) is 12.1 Å². The van der Waals surface area contributed by atoms with Crippen LogP contribution in [0.2, 0.25) is 0 Å². The molecule has 0 spiro atoms. The van der Waals surface area contributed by atoms with Gasteiger partial charge in [-0.15, -0.1) is 24.0 Å². The number of amides is 1. The van der Waals surface area contributed by atoms with Crippen LogP contribution < -0.4 is 16.0 Å². The highest BCUT2D eigenvalue weighted by molar-refractivity contribution is 14.0. The molecule has 0 saturated carbocycles. The largest absolute Gasteiger partial charge is 0.358 e. The van der Waals surface area contributed by atoms with E-state index >= 15 is 0 Å². The Morgan fingerprint density at radius 3 is 2.58 bits per heavy atom. The van der Waals surface area contributed by atoms with Gasteiger partial charge in [0.15, 0.2) is 5.96 Å². The molecule has 1 saturated heterocycles. The average molecular weight is 543 g/mol. The number of guanidine groups is 1. The summed E-state index contributed by atoms with van der Waals surface area (Å²) in [6, 6.07) is 8.57. The highest BCUT2D eigenvalue weighted by Crippen LogP contribution is 2.10. The molecule has 3 N–H and O–H groups in total. The van der Waals surface area contributed by atoms with Gasteiger partial charge in [-0.25, -0.2) is 9.07 Å². The maximum Gasteiger partial charge on any atom is 0.233 e. The van der Waals surface area contributed by atoms with Crippen LogP contribution in [-0.4, -0.2) is 72.9 Å². The third kappa shape index (κ3) is 7.76. The van der Waals surface area contributed by atoms with Gasteiger partial charge in [0.05, 0.1) is 17.9 Å². The molecule has 3 rings (SSSR count). The van der Waals surface area contributed by atoms with E-state index < -0.39 is 0 Å². The Morgan fingerprint density at radius 1 is 1.23 bits per heavy atom. The van der Waals surface area contributed by atoms with Gasteiger partial charge in [0, 0.05) is 52.4 Å². The van der Waals surface area contributed by atoms with Crippen molar-refractivity contribution in [1.29, 1.82) is 0 Å². The van der Waals surface area contributed by atoms with E-state index in [0.29, 0.717) is 19.1 Å². The molecule has 1 fully saturated rings. The van der Waals surface area contributed by atoms with Crippen molar-refractivity contribution in [3.05, 3.63) is 48.0 Å². The van der Waals surface area contributed by atoms with Gasteiger partial charge in [0.2, 0.25) is 5.91 Å². The maximum atomic E-state index is 13.1. The molecule has 0 unspecified atom stereocenters. The highest BCUT2D eigenvalue weighted by atomic mass is 127. The second-order valence-corrected chi connectivity index (χ2v) is 7.34. The Morgan fingerprint density at radius 2 is 1.94 bits per heavy atom. The predicted molar refractivity (Wildman–Crippen MR) is 131 cm³/mol. The molecule has 1 aromatic heterocycles.